The Morgan fingerprint density at radius 1 is 1.28 bits per heavy atom. The van der Waals surface area contributed by atoms with Crippen LogP contribution in [0.25, 0.3) is 11.2 Å². The number of aryl methyl sites for hydroxylation is 2. The monoisotopic (exact) mass is 244 g/mol. The topological polar surface area (TPSA) is 38.9 Å². The second-order valence-electron chi connectivity index (χ2n) is 5.49. The summed E-state index contributed by atoms with van der Waals surface area (Å²) >= 11 is 0. The smallest absolute Gasteiger partial charge is 0.246 e. The Morgan fingerprint density at radius 2 is 2.11 bits per heavy atom. The predicted molar refractivity (Wildman–Crippen MR) is 71.4 cm³/mol. The molecule has 0 N–H and O–H groups in total. The Kier molecular flexibility index (Phi) is 3.31. The minimum Gasteiger partial charge on any atom is -0.422 e. The third kappa shape index (κ3) is 2.55. The number of pyridine rings is 1. The Labute approximate surface area is 108 Å². The van der Waals surface area contributed by atoms with E-state index >= 15 is 0 Å². The number of fused-ring (bicyclic) bond motifs is 1. The van der Waals surface area contributed by atoms with E-state index in [4.69, 9.17) is 4.42 Å². The van der Waals surface area contributed by atoms with Crippen molar-refractivity contribution in [3.63, 3.8) is 0 Å². The molecule has 3 heteroatoms. The van der Waals surface area contributed by atoms with E-state index in [0.717, 1.165) is 29.3 Å². The van der Waals surface area contributed by atoms with Crippen molar-refractivity contribution in [2.45, 2.75) is 51.9 Å². The van der Waals surface area contributed by atoms with Crippen molar-refractivity contribution in [1.82, 2.24) is 9.97 Å². The van der Waals surface area contributed by atoms with E-state index in [1.807, 2.05) is 19.2 Å². The van der Waals surface area contributed by atoms with Gasteiger partial charge in [0.2, 0.25) is 5.71 Å². The Morgan fingerprint density at radius 3 is 2.94 bits per heavy atom. The Bertz CT molecular complexity index is 526. The lowest BCUT2D eigenvalue weighted by atomic mass is 9.86. The largest absolute Gasteiger partial charge is 0.422 e. The van der Waals surface area contributed by atoms with Crippen LogP contribution in [-0.4, -0.2) is 9.97 Å². The Balaban J connectivity index is 1.67. The number of hydrogen-bond acceptors (Lipinski definition) is 3. The first kappa shape index (κ1) is 11.7. The molecule has 0 saturated heterocycles. The molecule has 0 bridgehead atoms. The van der Waals surface area contributed by atoms with Crippen molar-refractivity contribution in [3.05, 3.63) is 23.7 Å². The highest BCUT2D eigenvalue weighted by molar-refractivity contribution is 5.68. The van der Waals surface area contributed by atoms with Crippen LogP contribution in [0.3, 0.4) is 0 Å². The van der Waals surface area contributed by atoms with Crippen LogP contribution < -0.4 is 0 Å². The molecule has 0 aliphatic heterocycles. The predicted octanol–water partition coefficient (Wildman–Crippen LogP) is 4.04. The molecule has 0 unspecified atom stereocenters. The molecular formula is C15H20N2O. The molecular weight excluding hydrogens is 224 g/mol. The van der Waals surface area contributed by atoms with Crippen LogP contribution in [0.4, 0.5) is 0 Å². The Hall–Kier alpha value is -1.38. The van der Waals surface area contributed by atoms with Gasteiger partial charge >= 0.3 is 0 Å². The molecule has 1 aliphatic rings. The van der Waals surface area contributed by atoms with Gasteiger partial charge in [0.05, 0.1) is 0 Å². The highest BCUT2D eigenvalue weighted by atomic mass is 16.4. The molecule has 2 heterocycles. The zero-order valence-electron chi connectivity index (χ0n) is 11.0. The van der Waals surface area contributed by atoms with E-state index in [2.05, 4.69) is 9.97 Å². The summed E-state index contributed by atoms with van der Waals surface area (Å²) in [4.78, 5) is 8.80. The highest BCUT2D eigenvalue weighted by Gasteiger charge is 2.15. The lowest BCUT2D eigenvalue weighted by Gasteiger charge is -2.20. The van der Waals surface area contributed by atoms with Crippen LogP contribution in [0.1, 0.15) is 50.0 Å². The van der Waals surface area contributed by atoms with E-state index in [0.29, 0.717) is 5.71 Å². The standard InChI is InChI=1S/C15H20N2O/c1-11-9-13-15(16-10-11)18-14(17-13)8-7-12-5-3-2-4-6-12/h9-10,12H,2-8H2,1H3. The van der Waals surface area contributed by atoms with Crippen LogP contribution in [0.15, 0.2) is 16.7 Å². The summed E-state index contributed by atoms with van der Waals surface area (Å²) in [5.74, 6) is 1.73. The fourth-order valence-corrected chi connectivity index (χ4v) is 2.88. The van der Waals surface area contributed by atoms with E-state index in [-0.39, 0.29) is 0 Å². The molecule has 1 saturated carbocycles. The second kappa shape index (κ2) is 5.09. The average Bonchev–Trinajstić information content (AvgIpc) is 2.79. The first-order valence-electron chi connectivity index (χ1n) is 7.03. The molecule has 2 aromatic heterocycles. The van der Waals surface area contributed by atoms with Crippen molar-refractivity contribution < 1.29 is 4.42 Å². The van der Waals surface area contributed by atoms with Crippen molar-refractivity contribution in [2.24, 2.45) is 5.92 Å². The summed E-state index contributed by atoms with van der Waals surface area (Å²) in [5.41, 5.74) is 2.71. The number of aromatic nitrogens is 2. The lowest BCUT2D eigenvalue weighted by Crippen LogP contribution is -2.07. The van der Waals surface area contributed by atoms with Gasteiger partial charge in [-0.05, 0) is 30.9 Å². The molecule has 0 amide bonds. The summed E-state index contributed by atoms with van der Waals surface area (Å²) in [6.07, 6.45) is 11.0. The summed E-state index contributed by atoms with van der Waals surface area (Å²) in [6.45, 7) is 2.03. The maximum absolute atomic E-state index is 5.69. The van der Waals surface area contributed by atoms with E-state index in [1.165, 1.54) is 38.5 Å². The van der Waals surface area contributed by atoms with Gasteiger partial charge in [-0.15, -0.1) is 0 Å². The van der Waals surface area contributed by atoms with Crippen molar-refractivity contribution in [1.29, 1.82) is 0 Å². The number of hydrogen-bond donors (Lipinski definition) is 0. The van der Waals surface area contributed by atoms with Gasteiger partial charge in [-0.1, -0.05) is 32.1 Å². The fraction of sp³-hybridized carbons (Fsp3) is 0.600. The van der Waals surface area contributed by atoms with Gasteiger partial charge < -0.3 is 4.42 Å². The van der Waals surface area contributed by atoms with Crippen LogP contribution in [0.2, 0.25) is 0 Å². The van der Waals surface area contributed by atoms with Gasteiger partial charge in [0, 0.05) is 12.6 Å². The summed E-state index contributed by atoms with van der Waals surface area (Å²) in [7, 11) is 0. The number of rotatable bonds is 3. The van der Waals surface area contributed by atoms with Crippen molar-refractivity contribution in [2.75, 3.05) is 0 Å². The lowest BCUT2D eigenvalue weighted by molar-refractivity contribution is 0.329. The normalized spacial score (nSPS) is 17.4. The minimum absolute atomic E-state index is 0.680. The summed E-state index contributed by atoms with van der Waals surface area (Å²) in [5, 5.41) is 0. The number of nitrogens with zero attached hydrogens (tertiary/aromatic N) is 2. The summed E-state index contributed by atoms with van der Waals surface area (Å²) < 4.78 is 5.69. The first-order valence-corrected chi connectivity index (χ1v) is 7.03. The van der Waals surface area contributed by atoms with Gasteiger partial charge in [0.1, 0.15) is 5.52 Å². The van der Waals surface area contributed by atoms with Gasteiger partial charge in [0.15, 0.2) is 5.89 Å². The second-order valence-corrected chi connectivity index (χ2v) is 5.49. The highest BCUT2D eigenvalue weighted by Crippen LogP contribution is 2.27. The molecule has 0 radical (unpaired) electrons. The molecule has 0 aromatic carbocycles. The molecule has 1 aliphatic carbocycles. The third-order valence-corrected chi connectivity index (χ3v) is 3.92. The molecule has 0 atom stereocenters. The third-order valence-electron chi connectivity index (χ3n) is 3.92. The molecule has 3 nitrogen and oxygen atoms in total. The van der Waals surface area contributed by atoms with E-state index < -0.39 is 0 Å². The van der Waals surface area contributed by atoms with Crippen molar-refractivity contribution in [3.8, 4) is 0 Å². The van der Waals surface area contributed by atoms with Crippen LogP contribution in [0.5, 0.6) is 0 Å². The van der Waals surface area contributed by atoms with Gasteiger partial charge in [-0.2, -0.15) is 0 Å². The maximum atomic E-state index is 5.69. The van der Waals surface area contributed by atoms with Gasteiger partial charge in [-0.25, -0.2) is 9.97 Å². The quantitative estimate of drug-likeness (QED) is 0.817. The average molecular weight is 244 g/mol. The molecule has 1 fully saturated rings. The number of oxazole rings is 1. The van der Waals surface area contributed by atoms with Gasteiger partial charge in [-0.3, -0.25) is 0 Å². The molecule has 3 rings (SSSR count). The van der Waals surface area contributed by atoms with E-state index in [9.17, 15) is 0 Å². The van der Waals surface area contributed by atoms with Crippen LogP contribution in [0, 0.1) is 12.8 Å². The van der Waals surface area contributed by atoms with Crippen LogP contribution in [-0.2, 0) is 6.42 Å². The SMILES string of the molecule is Cc1cnc2oc(CCC3CCCCC3)nc2c1. The fourth-order valence-electron chi connectivity index (χ4n) is 2.88. The zero-order valence-corrected chi connectivity index (χ0v) is 11.0. The van der Waals surface area contributed by atoms with Gasteiger partial charge in [0.25, 0.3) is 0 Å². The van der Waals surface area contributed by atoms with E-state index in [1.54, 1.807) is 0 Å². The molecule has 18 heavy (non-hydrogen) atoms. The molecule has 2 aromatic rings. The van der Waals surface area contributed by atoms with Crippen molar-refractivity contribution >= 4 is 11.2 Å². The van der Waals surface area contributed by atoms with Crippen LogP contribution >= 0.6 is 0 Å². The zero-order chi connectivity index (χ0) is 12.4. The maximum Gasteiger partial charge on any atom is 0.246 e. The minimum atomic E-state index is 0.680. The summed E-state index contributed by atoms with van der Waals surface area (Å²) in [6, 6.07) is 2.04. The molecule has 0 spiro atoms. The molecule has 96 valence electrons. The first-order chi connectivity index (χ1) is 8.81.